The number of carboxylic acid groups (broad SMARTS) is 1. The van der Waals surface area contributed by atoms with Crippen LogP contribution in [0.2, 0.25) is 0 Å². The van der Waals surface area contributed by atoms with Gasteiger partial charge in [-0.3, -0.25) is 4.79 Å². The molecule has 2 aromatic rings. The van der Waals surface area contributed by atoms with E-state index in [2.05, 4.69) is 22.8 Å². The van der Waals surface area contributed by atoms with Crippen molar-refractivity contribution in [1.82, 2.24) is 10.6 Å². The molecule has 4 rings (SSSR count). The first kappa shape index (κ1) is 22.8. The van der Waals surface area contributed by atoms with Crippen molar-refractivity contribution in [2.45, 2.75) is 37.0 Å². The molecule has 3 atom stereocenters. The molecular weight excluding hydrogens is 428 g/mol. The van der Waals surface area contributed by atoms with E-state index in [1.807, 2.05) is 36.4 Å². The molecule has 1 aliphatic heterocycles. The van der Waals surface area contributed by atoms with Gasteiger partial charge in [-0.05, 0) is 35.6 Å². The zero-order chi connectivity index (χ0) is 23.6. The van der Waals surface area contributed by atoms with Crippen molar-refractivity contribution in [3.8, 4) is 11.1 Å². The molecule has 0 saturated carbocycles. The van der Waals surface area contributed by atoms with Crippen LogP contribution in [-0.4, -0.2) is 65.7 Å². The maximum absolute atomic E-state index is 12.5. The minimum atomic E-state index is -2.11. The molecule has 1 heterocycles. The van der Waals surface area contributed by atoms with E-state index >= 15 is 0 Å². The number of alkyl carbamates (subject to hydrolysis) is 1. The largest absolute Gasteiger partial charge is 0.479 e. The molecule has 3 unspecified atom stereocenters. The van der Waals surface area contributed by atoms with Gasteiger partial charge in [-0.15, -0.1) is 0 Å². The molecule has 9 heteroatoms. The molecule has 1 aliphatic carbocycles. The van der Waals surface area contributed by atoms with Crippen LogP contribution in [0, 0.1) is 0 Å². The van der Waals surface area contributed by atoms with E-state index in [1.165, 1.54) is 0 Å². The van der Waals surface area contributed by atoms with Gasteiger partial charge in [0.05, 0.1) is 12.6 Å². The second-order valence-electron chi connectivity index (χ2n) is 8.45. The van der Waals surface area contributed by atoms with E-state index in [9.17, 15) is 19.5 Å². The SMILES string of the molecule is CC(O)(CNC(=O)C1OCCC1NC(=O)OCC1c2ccccc2-c2ccccc21)C(=O)O. The number of rotatable bonds is 7. The number of fused-ring (bicyclic) bond motifs is 3. The Bertz CT molecular complexity index is 1020. The van der Waals surface area contributed by atoms with E-state index in [0.29, 0.717) is 6.42 Å². The molecule has 174 valence electrons. The van der Waals surface area contributed by atoms with Gasteiger partial charge < -0.3 is 30.3 Å². The average Bonchev–Trinajstić information content (AvgIpc) is 3.38. The Balaban J connectivity index is 1.34. The van der Waals surface area contributed by atoms with Gasteiger partial charge in [0.1, 0.15) is 6.61 Å². The Morgan fingerprint density at radius 2 is 1.70 bits per heavy atom. The Kier molecular flexibility index (Phi) is 6.35. The molecule has 0 aromatic heterocycles. The van der Waals surface area contributed by atoms with Crippen molar-refractivity contribution in [2.24, 2.45) is 0 Å². The molecular formula is C24H26N2O7. The molecule has 4 N–H and O–H groups in total. The average molecular weight is 454 g/mol. The van der Waals surface area contributed by atoms with Crippen LogP contribution in [0.1, 0.15) is 30.4 Å². The van der Waals surface area contributed by atoms with Gasteiger partial charge in [0, 0.05) is 12.5 Å². The zero-order valence-electron chi connectivity index (χ0n) is 18.1. The van der Waals surface area contributed by atoms with Crippen LogP contribution in [0.4, 0.5) is 4.79 Å². The summed E-state index contributed by atoms with van der Waals surface area (Å²) in [4.78, 5) is 35.9. The molecule has 2 amide bonds. The predicted octanol–water partition coefficient (Wildman–Crippen LogP) is 1.63. The summed E-state index contributed by atoms with van der Waals surface area (Å²) in [5.74, 6) is -2.15. The highest BCUT2D eigenvalue weighted by Gasteiger charge is 2.38. The fraction of sp³-hybridized carbons (Fsp3) is 0.375. The zero-order valence-corrected chi connectivity index (χ0v) is 18.1. The Hall–Kier alpha value is -3.43. The van der Waals surface area contributed by atoms with Crippen LogP contribution in [0.25, 0.3) is 11.1 Å². The lowest BCUT2D eigenvalue weighted by atomic mass is 9.98. The standard InChI is InChI=1S/C24H26N2O7/c1-24(31,22(28)29)13-25-21(27)20-19(10-11-32-20)26-23(30)33-12-18-16-8-4-2-6-14(16)15-7-3-5-9-17(15)18/h2-9,18-20,31H,10-13H2,1H3,(H,25,27)(H,26,30)(H,28,29). The number of hydrogen-bond acceptors (Lipinski definition) is 6. The molecule has 1 saturated heterocycles. The van der Waals surface area contributed by atoms with Gasteiger partial charge in [-0.1, -0.05) is 48.5 Å². The lowest BCUT2D eigenvalue weighted by Gasteiger charge is -2.23. The van der Waals surface area contributed by atoms with Crippen molar-refractivity contribution < 1.29 is 34.1 Å². The molecule has 33 heavy (non-hydrogen) atoms. The lowest BCUT2D eigenvalue weighted by Crippen LogP contribution is -2.53. The summed E-state index contributed by atoms with van der Waals surface area (Å²) in [7, 11) is 0. The van der Waals surface area contributed by atoms with E-state index in [4.69, 9.17) is 14.6 Å². The van der Waals surface area contributed by atoms with Crippen LogP contribution in [0.3, 0.4) is 0 Å². The number of carbonyl (C=O) groups is 3. The molecule has 1 fully saturated rings. The van der Waals surface area contributed by atoms with Crippen molar-refractivity contribution in [3.05, 3.63) is 59.7 Å². The number of carboxylic acids is 1. The van der Waals surface area contributed by atoms with Gasteiger partial charge in [-0.25, -0.2) is 9.59 Å². The van der Waals surface area contributed by atoms with E-state index in [0.717, 1.165) is 29.2 Å². The second-order valence-corrected chi connectivity index (χ2v) is 8.45. The Morgan fingerprint density at radius 3 is 2.30 bits per heavy atom. The highest BCUT2D eigenvalue weighted by molar-refractivity contribution is 5.84. The highest BCUT2D eigenvalue weighted by Crippen LogP contribution is 2.44. The number of amides is 2. The van der Waals surface area contributed by atoms with Gasteiger partial charge in [0.15, 0.2) is 11.7 Å². The minimum absolute atomic E-state index is 0.0830. The third-order valence-corrected chi connectivity index (χ3v) is 6.06. The van der Waals surface area contributed by atoms with Crippen molar-refractivity contribution in [3.63, 3.8) is 0 Å². The summed E-state index contributed by atoms with van der Waals surface area (Å²) in [6.45, 7) is 0.990. The predicted molar refractivity (Wildman–Crippen MR) is 118 cm³/mol. The highest BCUT2D eigenvalue weighted by atomic mass is 16.6. The van der Waals surface area contributed by atoms with Crippen molar-refractivity contribution in [2.75, 3.05) is 19.8 Å². The quantitative estimate of drug-likeness (QED) is 0.500. The molecule has 0 radical (unpaired) electrons. The third kappa shape index (κ3) is 4.69. The van der Waals surface area contributed by atoms with Crippen LogP contribution in [-0.2, 0) is 19.1 Å². The van der Waals surface area contributed by atoms with Crippen LogP contribution in [0.5, 0.6) is 0 Å². The van der Waals surface area contributed by atoms with Crippen LogP contribution >= 0.6 is 0 Å². The second kappa shape index (κ2) is 9.21. The molecule has 2 aromatic carbocycles. The topological polar surface area (TPSA) is 134 Å². The lowest BCUT2D eigenvalue weighted by molar-refractivity contribution is -0.156. The number of aliphatic carboxylic acids is 1. The monoisotopic (exact) mass is 454 g/mol. The summed E-state index contributed by atoms with van der Waals surface area (Å²) in [5, 5.41) is 23.8. The maximum atomic E-state index is 12.5. The fourth-order valence-electron chi connectivity index (χ4n) is 4.22. The summed E-state index contributed by atoms with van der Waals surface area (Å²) >= 11 is 0. The maximum Gasteiger partial charge on any atom is 0.407 e. The van der Waals surface area contributed by atoms with Crippen molar-refractivity contribution >= 4 is 18.0 Å². The number of hydrogen-bond donors (Lipinski definition) is 4. The minimum Gasteiger partial charge on any atom is -0.479 e. The van der Waals surface area contributed by atoms with Crippen molar-refractivity contribution in [1.29, 1.82) is 0 Å². The molecule has 2 aliphatic rings. The summed E-state index contributed by atoms with van der Waals surface area (Å²) in [6, 6.07) is 15.4. The number of carbonyl (C=O) groups excluding carboxylic acids is 2. The smallest absolute Gasteiger partial charge is 0.407 e. The first-order chi connectivity index (χ1) is 15.8. The molecule has 0 bridgehead atoms. The number of nitrogens with one attached hydrogen (secondary N) is 2. The van der Waals surface area contributed by atoms with Gasteiger partial charge in [-0.2, -0.15) is 0 Å². The van der Waals surface area contributed by atoms with E-state index in [1.54, 1.807) is 0 Å². The first-order valence-corrected chi connectivity index (χ1v) is 10.7. The number of benzene rings is 2. The normalized spacial score (nSPS) is 20.9. The number of ether oxygens (including phenoxy) is 2. The Morgan fingerprint density at radius 1 is 1.09 bits per heavy atom. The third-order valence-electron chi connectivity index (χ3n) is 6.06. The van der Waals surface area contributed by atoms with Crippen LogP contribution < -0.4 is 10.6 Å². The molecule has 0 spiro atoms. The van der Waals surface area contributed by atoms with Gasteiger partial charge in [0.25, 0.3) is 5.91 Å². The van der Waals surface area contributed by atoms with Crippen LogP contribution in [0.15, 0.2) is 48.5 Å². The van der Waals surface area contributed by atoms with E-state index < -0.39 is 42.3 Å². The molecule has 9 nitrogen and oxygen atoms in total. The summed E-state index contributed by atoms with van der Waals surface area (Å²) in [5.41, 5.74) is 2.33. The Labute approximate surface area is 190 Å². The van der Waals surface area contributed by atoms with E-state index in [-0.39, 0.29) is 19.1 Å². The van der Waals surface area contributed by atoms with Gasteiger partial charge >= 0.3 is 12.1 Å². The van der Waals surface area contributed by atoms with Gasteiger partial charge in [0.2, 0.25) is 0 Å². The fourth-order valence-corrected chi connectivity index (χ4v) is 4.22. The first-order valence-electron chi connectivity index (χ1n) is 10.7. The summed E-state index contributed by atoms with van der Waals surface area (Å²) < 4.78 is 10.9. The number of aliphatic hydroxyl groups is 1. The summed E-state index contributed by atoms with van der Waals surface area (Å²) in [6.07, 6.45) is -1.27.